The van der Waals surface area contributed by atoms with Crippen LogP contribution in [0.15, 0.2) is 22.9 Å². The number of thiophene rings is 2. The van der Waals surface area contributed by atoms with E-state index < -0.39 is 6.10 Å². The maximum atomic E-state index is 11.9. The third-order valence-corrected chi connectivity index (χ3v) is 4.96. The molecule has 0 saturated heterocycles. The van der Waals surface area contributed by atoms with Crippen LogP contribution in [0.1, 0.15) is 40.0 Å². The van der Waals surface area contributed by atoms with E-state index in [0.717, 1.165) is 11.1 Å². The Bertz CT molecular complexity index is 593. The number of carbonyl (C=O) groups is 1. The van der Waals surface area contributed by atoms with Crippen molar-refractivity contribution in [2.45, 2.75) is 32.9 Å². The van der Waals surface area contributed by atoms with Crippen LogP contribution in [-0.2, 0) is 0 Å². The van der Waals surface area contributed by atoms with Crippen LogP contribution in [0.25, 0.3) is 0 Å². The zero-order valence-electron chi connectivity index (χ0n) is 12.3. The molecule has 0 unspecified atom stereocenters. The van der Waals surface area contributed by atoms with Crippen LogP contribution in [0.4, 0.5) is 4.79 Å². The lowest BCUT2D eigenvalue weighted by molar-refractivity contribution is 0.173. The molecule has 2 aromatic rings. The highest BCUT2D eigenvalue weighted by Crippen LogP contribution is 2.26. The van der Waals surface area contributed by atoms with E-state index in [2.05, 4.69) is 30.5 Å². The Morgan fingerprint density at radius 1 is 1.43 bits per heavy atom. The topological polar surface area (TPSA) is 61.4 Å². The van der Waals surface area contributed by atoms with Gasteiger partial charge in [0.15, 0.2) is 0 Å². The summed E-state index contributed by atoms with van der Waals surface area (Å²) in [4.78, 5) is 14.4. The molecule has 0 saturated carbocycles. The number of urea groups is 1. The highest BCUT2D eigenvalue weighted by Gasteiger charge is 2.15. The van der Waals surface area contributed by atoms with Crippen molar-refractivity contribution in [3.63, 3.8) is 0 Å². The summed E-state index contributed by atoms with van der Waals surface area (Å²) in [6, 6.07) is 3.65. The van der Waals surface area contributed by atoms with Crippen LogP contribution in [-0.4, -0.2) is 17.7 Å². The standard InChI is InChI=1S/C15H20N2O2S2/c1-9-6-13(11(3)21-9)10(2)17-15(19)16-7-14(18)12-4-5-20-8-12/h4-6,8,10,14,18H,7H2,1-3H3,(H2,16,17,19)/t10-,14-/m1/s1. The molecule has 2 aromatic heterocycles. The fraction of sp³-hybridized carbons (Fsp3) is 0.400. The smallest absolute Gasteiger partial charge is 0.315 e. The van der Waals surface area contributed by atoms with Crippen LogP contribution in [0.2, 0.25) is 0 Å². The monoisotopic (exact) mass is 324 g/mol. The summed E-state index contributed by atoms with van der Waals surface area (Å²) in [6.07, 6.45) is -0.664. The Hall–Kier alpha value is -1.37. The Morgan fingerprint density at radius 2 is 2.19 bits per heavy atom. The van der Waals surface area contributed by atoms with Crippen molar-refractivity contribution in [1.29, 1.82) is 0 Å². The van der Waals surface area contributed by atoms with Gasteiger partial charge in [-0.15, -0.1) is 11.3 Å². The van der Waals surface area contributed by atoms with E-state index >= 15 is 0 Å². The van der Waals surface area contributed by atoms with Crippen molar-refractivity contribution < 1.29 is 9.90 Å². The molecular formula is C15H20N2O2S2. The molecule has 21 heavy (non-hydrogen) atoms. The normalized spacial score (nSPS) is 13.7. The molecule has 2 amide bonds. The first-order valence-corrected chi connectivity index (χ1v) is 8.54. The second-order valence-corrected chi connectivity index (χ2v) is 7.26. The van der Waals surface area contributed by atoms with E-state index in [-0.39, 0.29) is 18.6 Å². The predicted octanol–water partition coefficient (Wildman–Crippen LogP) is 3.52. The number of aryl methyl sites for hydroxylation is 2. The van der Waals surface area contributed by atoms with Gasteiger partial charge in [0.1, 0.15) is 0 Å². The number of amides is 2. The lowest BCUT2D eigenvalue weighted by Crippen LogP contribution is -2.39. The third-order valence-electron chi connectivity index (χ3n) is 3.28. The van der Waals surface area contributed by atoms with E-state index in [9.17, 15) is 9.90 Å². The number of hydrogen-bond acceptors (Lipinski definition) is 4. The number of carbonyl (C=O) groups excluding carboxylic acids is 1. The van der Waals surface area contributed by atoms with Crippen LogP contribution < -0.4 is 10.6 Å². The van der Waals surface area contributed by atoms with Gasteiger partial charge in [-0.05, 0) is 54.8 Å². The van der Waals surface area contributed by atoms with Crippen LogP contribution in [0.5, 0.6) is 0 Å². The molecule has 4 nitrogen and oxygen atoms in total. The first kappa shape index (κ1) is 16.0. The first-order valence-electron chi connectivity index (χ1n) is 6.79. The van der Waals surface area contributed by atoms with E-state index in [0.29, 0.717) is 0 Å². The average molecular weight is 324 g/mol. The molecule has 3 N–H and O–H groups in total. The fourth-order valence-electron chi connectivity index (χ4n) is 2.18. The van der Waals surface area contributed by atoms with E-state index in [4.69, 9.17) is 0 Å². The second-order valence-electron chi connectivity index (χ2n) is 5.02. The molecule has 0 spiro atoms. The molecule has 2 rings (SSSR count). The van der Waals surface area contributed by atoms with Gasteiger partial charge in [-0.3, -0.25) is 0 Å². The summed E-state index contributed by atoms with van der Waals surface area (Å²) in [5.41, 5.74) is 1.98. The minimum Gasteiger partial charge on any atom is -0.387 e. The van der Waals surface area contributed by atoms with Gasteiger partial charge in [0.05, 0.1) is 12.1 Å². The van der Waals surface area contributed by atoms with E-state index in [1.54, 1.807) is 11.3 Å². The molecule has 2 heterocycles. The Balaban J connectivity index is 1.83. The zero-order valence-corrected chi connectivity index (χ0v) is 14.0. The highest BCUT2D eigenvalue weighted by molar-refractivity contribution is 7.12. The molecule has 0 radical (unpaired) electrons. The lowest BCUT2D eigenvalue weighted by atomic mass is 10.1. The quantitative estimate of drug-likeness (QED) is 0.788. The van der Waals surface area contributed by atoms with E-state index in [1.165, 1.54) is 21.1 Å². The Labute approximate surface area is 132 Å². The van der Waals surface area contributed by atoms with Gasteiger partial charge in [0, 0.05) is 16.3 Å². The predicted molar refractivity (Wildman–Crippen MR) is 88.0 cm³/mol. The lowest BCUT2D eigenvalue weighted by Gasteiger charge is -2.16. The van der Waals surface area contributed by atoms with Gasteiger partial charge in [0.25, 0.3) is 0 Å². The van der Waals surface area contributed by atoms with Crippen molar-refractivity contribution in [3.8, 4) is 0 Å². The van der Waals surface area contributed by atoms with Gasteiger partial charge in [-0.25, -0.2) is 4.79 Å². The van der Waals surface area contributed by atoms with Gasteiger partial charge in [-0.1, -0.05) is 0 Å². The molecule has 0 aliphatic rings. The molecule has 6 heteroatoms. The summed E-state index contributed by atoms with van der Waals surface area (Å²) in [5, 5.41) is 19.3. The minimum absolute atomic E-state index is 0.0479. The van der Waals surface area contributed by atoms with Gasteiger partial charge in [0.2, 0.25) is 0 Å². The molecule has 114 valence electrons. The summed E-state index contributed by atoms with van der Waals surface area (Å²) in [7, 11) is 0. The Morgan fingerprint density at radius 3 is 2.76 bits per heavy atom. The largest absolute Gasteiger partial charge is 0.387 e. The minimum atomic E-state index is -0.664. The summed E-state index contributed by atoms with van der Waals surface area (Å²) < 4.78 is 0. The average Bonchev–Trinajstić information content (AvgIpc) is 3.05. The molecular weight excluding hydrogens is 304 g/mol. The van der Waals surface area contributed by atoms with Gasteiger partial charge < -0.3 is 15.7 Å². The number of aliphatic hydroxyl groups is 1. The Kier molecular flexibility index (Phi) is 5.39. The molecule has 2 atom stereocenters. The number of hydrogen-bond donors (Lipinski definition) is 3. The first-order chi connectivity index (χ1) is 9.97. The molecule has 0 aliphatic carbocycles. The summed E-state index contributed by atoms with van der Waals surface area (Å²) in [5.74, 6) is 0. The summed E-state index contributed by atoms with van der Waals surface area (Å²) in [6.45, 7) is 6.29. The van der Waals surface area contributed by atoms with Crippen LogP contribution in [0, 0.1) is 13.8 Å². The molecule has 0 aromatic carbocycles. The third kappa shape index (κ3) is 4.30. The van der Waals surface area contributed by atoms with Crippen LogP contribution in [0.3, 0.4) is 0 Å². The summed E-state index contributed by atoms with van der Waals surface area (Å²) >= 11 is 3.26. The van der Waals surface area contributed by atoms with Crippen molar-refractivity contribution >= 4 is 28.7 Å². The molecule has 0 bridgehead atoms. The van der Waals surface area contributed by atoms with E-state index in [1.807, 2.05) is 23.8 Å². The zero-order chi connectivity index (χ0) is 15.4. The van der Waals surface area contributed by atoms with Gasteiger partial charge >= 0.3 is 6.03 Å². The van der Waals surface area contributed by atoms with Crippen molar-refractivity contribution in [3.05, 3.63) is 43.8 Å². The SMILES string of the molecule is Cc1cc([C@@H](C)NC(=O)NC[C@@H](O)c2ccsc2)c(C)s1. The number of aliphatic hydroxyl groups excluding tert-OH is 1. The number of rotatable bonds is 5. The number of nitrogens with one attached hydrogen (secondary N) is 2. The van der Waals surface area contributed by atoms with Crippen molar-refractivity contribution in [2.75, 3.05) is 6.54 Å². The fourth-order valence-corrected chi connectivity index (χ4v) is 3.91. The van der Waals surface area contributed by atoms with Crippen molar-refractivity contribution in [1.82, 2.24) is 10.6 Å². The molecule has 0 fully saturated rings. The van der Waals surface area contributed by atoms with Gasteiger partial charge in [-0.2, -0.15) is 11.3 Å². The highest BCUT2D eigenvalue weighted by atomic mass is 32.1. The maximum Gasteiger partial charge on any atom is 0.315 e. The maximum absolute atomic E-state index is 11.9. The second kappa shape index (κ2) is 7.06. The van der Waals surface area contributed by atoms with Crippen molar-refractivity contribution in [2.24, 2.45) is 0 Å². The molecule has 0 aliphatic heterocycles. The van der Waals surface area contributed by atoms with Crippen LogP contribution >= 0.6 is 22.7 Å².